The van der Waals surface area contributed by atoms with Crippen LogP contribution in [-0.2, 0) is 4.79 Å². The minimum absolute atomic E-state index is 0.0322. The second-order valence-electron chi connectivity index (χ2n) is 5.48. The molecule has 0 spiro atoms. The van der Waals surface area contributed by atoms with Crippen molar-refractivity contribution in [2.24, 2.45) is 0 Å². The van der Waals surface area contributed by atoms with Gasteiger partial charge in [-0.1, -0.05) is 0 Å². The number of likely N-dealkylation sites (tertiary alicyclic amines) is 2. The maximum atomic E-state index is 12.0. The fraction of sp³-hybridized carbons (Fsp3) is 0.846. The Labute approximate surface area is 118 Å². The Morgan fingerprint density at radius 2 is 1.95 bits per heavy atom. The first-order chi connectivity index (χ1) is 9.61. The van der Waals surface area contributed by atoms with E-state index in [1.54, 1.807) is 4.90 Å². The van der Waals surface area contributed by atoms with Gasteiger partial charge in [0.1, 0.15) is 6.04 Å². The third-order valence-electron chi connectivity index (χ3n) is 4.12. The minimum atomic E-state index is -1.11. The van der Waals surface area contributed by atoms with Gasteiger partial charge in [-0.15, -0.1) is 0 Å². The summed E-state index contributed by atoms with van der Waals surface area (Å²) < 4.78 is 0. The Morgan fingerprint density at radius 1 is 1.25 bits per heavy atom. The molecule has 0 radical (unpaired) electrons. The molecule has 2 amide bonds. The Kier molecular flexibility index (Phi) is 5.19. The van der Waals surface area contributed by atoms with Crippen LogP contribution in [0.25, 0.3) is 0 Å². The van der Waals surface area contributed by atoms with Crippen LogP contribution in [0.3, 0.4) is 0 Å². The SMILES string of the molecule is O=C(O)[C@H](CCO)NC(=O)N1CCC(N2CCCC2)C1. The van der Waals surface area contributed by atoms with Crippen LogP contribution in [0.1, 0.15) is 25.7 Å². The molecule has 7 heteroatoms. The normalized spacial score (nSPS) is 24.9. The van der Waals surface area contributed by atoms with E-state index in [9.17, 15) is 9.59 Å². The third-order valence-corrected chi connectivity index (χ3v) is 4.12. The highest BCUT2D eigenvalue weighted by Gasteiger charge is 2.32. The minimum Gasteiger partial charge on any atom is -0.480 e. The lowest BCUT2D eigenvalue weighted by atomic mass is 10.2. The lowest BCUT2D eigenvalue weighted by molar-refractivity contribution is -0.139. The number of carbonyl (C=O) groups excluding carboxylic acids is 1. The van der Waals surface area contributed by atoms with Crippen LogP contribution in [0, 0.1) is 0 Å². The Balaban J connectivity index is 1.82. The van der Waals surface area contributed by atoms with E-state index >= 15 is 0 Å². The summed E-state index contributed by atoms with van der Waals surface area (Å²) in [5, 5.41) is 20.3. The van der Waals surface area contributed by atoms with E-state index in [2.05, 4.69) is 10.2 Å². The number of nitrogens with zero attached hydrogens (tertiary/aromatic N) is 2. The van der Waals surface area contributed by atoms with E-state index in [4.69, 9.17) is 10.2 Å². The van der Waals surface area contributed by atoms with Gasteiger partial charge in [0, 0.05) is 32.2 Å². The number of hydrogen-bond donors (Lipinski definition) is 3. The number of hydrogen-bond acceptors (Lipinski definition) is 4. The summed E-state index contributed by atoms with van der Waals surface area (Å²) in [6.45, 7) is 3.27. The fourth-order valence-electron chi connectivity index (χ4n) is 2.96. The standard InChI is InChI=1S/C13H23N3O4/c17-8-4-11(12(18)19)14-13(20)16-7-3-10(9-16)15-5-1-2-6-15/h10-11,17H,1-9H2,(H,14,20)(H,18,19)/t10?,11-/m0/s1. The Hall–Kier alpha value is -1.34. The highest BCUT2D eigenvalue weighted by Crippen LogP contribution is 2.20. The molecule has 0 aromatic rings. The molecule has 2 aliphatic heterocycles. The van der Waals surface area contributed by atoms with E-state index < -0.39 is 12.0 Å². The quantitative estimate of drug-likeness (QED) is 0.645. The van der Waals surface area contributed by atoms with Crippen LogP contribution < -0.4 is 5.32 Å². The first kappa shape index (κ1) is 15.1. The molecule has 114 valence electrons. The largest absolute Gasteiger partial charge is 0.480 e. The van der Waals surface area contributed by atoms with Gasteiger partial charge in [-0.05, 0) is 32.4 Å². The number of aliphatic carboxylic acids is 1. The van der Waals surface area contributed by atoms with Crippen LogP contribution in [0.15, 0.2) is 0 Å². The number of aliphatic hydroxyl groups excluding tert-OH is 1. The summed E-state index contributed by atoms with van der Waals surface area (Å²) in [6.07, 6.45) is 3.43. The van der Waals surface area contributed by atoms with Gasteiger partial charge in [-0.3, -0.25) is 4.90 Å². The number of amides is 2. The van der Waals surface area contributed by atoms with E-state index in [0.29, 0.717) is 19.1 Å². The summed E-state index contributed by atoms with van der Waals surface area (Å²) >= 11 is 0. The molecule has 0 aliphatic carbocycles. The van der Waals surface area contributed by atoms with Crippen LogP contribution in [-0.4, -0.2) is 76.9 Å². The van der Waals surface area contributed by atoms with Gasteiger partial charge in [0.25, 0.3) is 0 Å². The zero-order chi connectivity index (χ0) is 14.5. The van der Waals surface area contributed by atoms with Gasteiger partial charge in [0.05, 0.1) is 0 Å². The molecule has 3 N–H and O–H groups in total. The van der Waals surface area contributed by atoms with Crippen molar-refractivity contribution in [3.63, 3.8) is 0 Å². The van der Waals surface area contributed by atoms with Crippen molar-refractivity contribution in [2.75, 3.05) is 32.8 Å². The summed E-state index contributed by atoms with van der Waals surface area (Å²) in [5.41, 5.74) is 0. The predicted octanol–water partition coefficient (Wildman–Crippen LogP) is -0.298. The van der Waals surface area contributed by atoms with Gasteiger partial charge in [-0.2, -0.15) is 0 Å². The molecular formula is C13H23N3O4. The number of urea groups is 1. The van der Waals surface area contributed by atoms with E-state index in [0.717, 1.165) is 19.5 Å². The van der Waals surface area contributed by atoms with Gasteiger partial charge in [0.15, 0.2) is 0 Å². The average molecular weight is 285 g/mol. The summed E-state index contributed by atoms with van der Waals surface area (Å²) in [5.74, 6) is -1.11. The molecule has 7 nitrogen and oxygen atoms in total. The monoisotopic (exact) mass is 285 g/mol. The molecular weight excluding hydrogens is 262 g/mol. The molecule has 0 aromatic heterocycles. The molecule has 0 bridgehead atoms. The first-order valence-electron chi connectivity index (χ1n) is 7.25. The fourth-order valence-corrected chi connectivity index (χ4v) is 2.96. The van der Waals surface area contributed by atoms with Gasteiger partial charge in [0.2, 0.25) is 0 Å². The van der Waals surface area contributed by atoms with Gasteiger partial charge in [-0.25, -0.2) is 9.59 Å². The number of aliphatic hydroxyl groups is 1. The van der Waals surface area contributed by atoms with Gasteiger partial charge >= 0.3 is 12.0 Å². The maximum absolute atomic E-state index is 12.0. The van der Waals surface area contributed by atoms with Crippen LogP contribution >= 0.6 is 0 Å². The number of nitrogens with one attached hydrogen (secondary N) is 1. The molecule has 0 aromatic carbocycles. The van der Waals surface area contributed by atoms with E-state index in [-0.39, 0.29) is 19.1 Å². The molecule has 2 fully saturated rings. The zero-order valence-corrected chi connectivity index (χ0v) is 11.6. The van der Waals surface area contributed by atoms with Crippen molar-refractivity contribution >= 4 is 12.0 Å². The number of carboxylic acid groups (broad SMARTS) is 1. The second-order valence-corrected chi connectivity index (χ2v) is 5.48. The second kappa shape index (κ2) is 6.90. The lowest BCUT2D eigenvalue weighted by Crippen LogP contribution is -2.48. The van der Waals surface area contributed by atoms with Crippen molar-refractivity contribution in [2.45, 2.75) is 37.8 Å². The lowest BCUT2D eigenvalue weighted by Gasteiger charge is -2.24. The van der Waals surface area contributed by atoms with Crippen LogP contribution in [0.5, 0.6) is 0 Å². The molecule has 2 aliphatic rings. The highest BCUT2D eigenvalue weighted by atomic mass is 16.4. The Bertz CT molecular complexity index is 358. The van der Waals surface area contributed by atoms with Crippen molar-refractivity contribution in [3.05, 3.63) is 0 Å². The predicted molar refractivity (Wildman–Crippen MR) is 72.4 cm³/mol. The molecule has 1 unspecified atom stereocenters. The van der Waals surface area contributed by atoms with E-state index in [1.807, 2.05) is 0 Å². The molecule has 2 atom stereocenters. The van der Waals surface area contributed by atoms with Crippen molar-refractivity contribution in [3.8, 4) is 0 Å². The van der Waals surface area contributed by atoms with Crippen LogP contribution in [0.4, 0.5) is 4.79 Å². The summed E-state index contributed by atoms with van der Waals surface area (Å²) in [6, 6.07) is -0.949. The molecule has 2 heterocycles. The third kappa shape index (κ3) is 3.61. The van der Waals surface area contributed by atoms with Crippen LogP contribution in [0.2, 0.25) is 0 Å². The number of rotatable bonds is 5. The first-order valence-corrected chi connectivity index (χ1v) is 7.25. The Morgan fingerprint density at radius 3 is 2.55 bits per heavy atom. The summed E-state index contributed by atoms with van der Waals surface area (Å²) in [7, 11) is 0. The molecule has 20 heavy (non-hydrogen) atoms. The highest BCUT2D eigenvalue weighted by molar-refractivity contribution is 5.82. The topological polar surface area (TPSA) is 93.1 Å². The number of carbonyl (C=O) groups is 2. The molecule has 2 rings (SSSR count). The summed E-state index contributed by atoms with van der Waals surface area (Å²) in [4.78, 5) is 27.1. The average Bonchev–Trinajstić information content (AvgIpc) is 3.08. The van der Waals surface area contributed by atoms with E-state index in [1.165, 1.54) is 12.8 Å². The van der Waals surface area contributed by atoms with Crippen molar-refractivity contribution in [1.29, 1.82) is 0 Å². The molecule has 0 saturated carbocycles. The maximum Gasteiger partial charge on any atom is 0.326 e. The van der Waals surface area contributed by atoms with Crippen molar-refractivity contribution in [1.82, 2.24) is 15.1 Å². The van der Waals surface area contributed by atoms with Gasteiger partial charge < -0.3 is 20.4 Å². The molecule has 2 saturated heterocycles. The van der Waals surface area contributed by atoms with Crippen molar-refractivity contribution < 1.29 is 19.8 Å². The zero-order valence-electron chi connectivity index (χ0n) is 11.6. The number of carboxylic acids is 1. The smallest absolute Gasteiger partial charge is 0.326 e.